The van der Waals surface area contributed by atoms with E-state index in [9.17, 15) is 27.6 Å². The molecule has 3 amide bonds. The fourth-order valence-corrected chi connectivity index (χ4v) is 4.57. The molecule has 0 atom stereocenters. The van der Waals surface area contributed by atoms with Crippen LogP contribution in [0.15, 0.2) is 72.8 Å². The van der Waals surface area contributed by atoms with E-state index in [1.807, 2.05) is 36.4 Å². The normalized spacial score (nSPS) is 13.6. The summed E-state index contributed by atoms with van der Waals surface area (Å²) in [6.45, 7) is 2.98. The van der Waals surface area contributed by atoms with E-state index in [1.165, 1.54) is 21.9 Å². The van der Waals surface area contributed by atoms with E-state index in [4.69, 9.17) is 4.74 Å². The number of hydrogen-bond donors (Lipinski definition) is 1. The fraction of sp³-hybridized carbons (Fsp3) is 0.323. The summed E-state index contributed by atoms with van der Waals surface area (Å²) in [6.07, 6.45) is -2.66. The molecule has 1 aliphatic rings. The highest BCUT2D eigenvalue weighted by molar-refractivity contribution is 5.97. The van der Waals surface area contributed by atoms with Crippen LogP contribution in [-0.4, -0.2) is 66.9 Å². The number of nitrogens with zero attached hydrogens (tertiary/aromatic N) is 2. The van der Waals surface area contributed by atoms with Crippen LogP contribution < -0.4 is 10.1 Å². The van der Waals surface area contributed by atoms with Crippen molar-refractivity contribution >= 4 is 17.7 Å². The first kappa shape index (κ1) is 29.6. The summed E-state index contributed by atoms with van der Waals surface area (Å²) in [7, 11) is 0. The zero-order chi connectivity index (χ0) is 29.4. The van der Waals surface area contributed by atoms with Crippen LogP contribution in [0.1, 0.15) is 46.0 Å². The van der Waals surface area contributed by atoms with Crippen LogP contribution in [-0.2, 0) is 11.0 Å². The van der Waals surface area contributed by atoms with Gasteiger partial charge in [-0.3, -0.25) is 14.4 Å². The van der Waals surface area contributed by atoms with Gasteiger partial charge in [0.15, 0.2) is 0 Å². The van der Waals surface area contributed by atoms with Crippen LogP contribution in [0, 0.1) is 0 Å². The number of alkyl halides is 3. The Hall–Kier alpha value is -4.34. The second-order valence-electron chi connectivity index (χ2n) is 9.67. The van der Waals surface area contributed by atoms with Gasteiger partial charge < -0.3 is 19.9 Å². The molecule has 10 heteroatoms. The number of halogens is 3. The molecule has 0 aliphatic carbocycles. The summed E-state index contributed by atoms with van der Waals surface area (Å²) >= 11 is 0. The van der Waals surface area contributed by atoms with Crippen molar-refractivity contribution < 1.29 is 32.3 Å². The first-order chi connectivity index (χ1) is 19.7. The van der Waals surface area contributed by atoms with Crippen molar-refractivity contribution in [3.05, 3.63) is 89.5 Å². The van der Waals surface area contributed by atoms with Crippen molar-refractivity contribution in [2.45, 2.75) is 25.9 Å². The van der Waals surface area contributed by atoms with E-state index in [2.05, 4.69) is 12.2 Å². The maximum absolute atomic E-state index is 13.3. The van der Waals surface area contributed by atoms with Crippen LogP contribution in [0.25, 0.3) is 11.1 Å². The zero-order valence-electron chi connectivity index (χ0n) is 22.7. The molecule has 7 nitrogen and oxygen atoms in total. The van der Waals surface area contributed by atoms with Gasteiger partial charge in [0.25, 0.3) is 11.8 Å². The lowest BCUT2D eigenvalue weighted by molar-refractivity contribution is -0.138. The molecule has 1 saturated heterocycles. The van der Waals surface area contributed by atoms with Gasteiger partial charge in [-0.1, -0.05) is 55.8 Å². The molecule has 216 valence electrons. The standard InChI is InChI=1S/C31H32F3N3O4/c1-2-3-20-41-27-11-7-5-8-24(27)22-12-14-23(15-13-22)29(39)35-21-28(38)36-16-18-37(19-17-36)30(40)25-9-4-6-10-26(25)31(32,33)34/h4-15H,2-3,16-21H2,1H3,(H,35,39). The SMILES string of the molecule is CCCCOc1ccccc1-c1ccc(C(=O)NCC(=O)N2CCN(C(=O)c3ccccc3C(F)(F)F)CC2)cc1. The zero-order valence-corrected chi connectivity index (χ0v) is 22.7. The second kappa shape index (κ2) is 13.3. The molecule has 4 rings (SSSR count). The number of piperazine rings is 1. The monoisotopic (exact) mass is 567 g/mol. The smallest absolute Gasteiger partial charge is 0.417 e. The van der Waals surface area contributed by atoms with Gasteiger partial charge in [-0.2, -0.15) is 13.2 Å². The molecule has 41 heavy (non-hydrogen) atoms. The van der Waals surface area contributed by atoms with Gasteiger partial charge in [0, 0.05) is 37.3 Å². The molecule has 1 N–H and O–H groups in total. The lowest BCUT2D eigenvalue weighted by Gasteiger charge is -2.35. The summed E-state index contributed by atoms with van der Waals surface area (Å²) in [4.78, 5) is 40.9. The number of benzene rings is 3. The quantitative estimate of drug-likeness (QED) is 0.358. The Labute approximate surface area is 236 Å². The van der Waals surface area contributed by atoms with E-state index < -0.39 is 29.1 Å². The molecule has 0 unspecified atom stereocenters. The Morgan fingerprint density at radius 1 is 0.854 bits per heavy atom. The Kier molecular flexibility index (Phi) is 9.65. The van der Waals surface area contributed by atoms with Crippen molar-refractivity contribution in [1.82, 2.24) is 15.1 Å². The van der Waals surface area contributed by atoms with Gasteiger partial charge in [0.2, 0.25) is 5.91 Å². The molecule has 0 saturated carbocycles. The van der Waals surface area contributed by atoms with Crippen molar-refractivity contribution in [2.75, 3.05) is 39.3 Å². The van der Waals surface area contributed by atoms with Gasteiger partial charge in [-0.25, -0.2) is 0 Å². The maximum atomic E-state index is 13.3. The largest absolute Gasteiger partial charge is 0.493 e. The van der Waals surface area contributed by atoms with E-state index in [1.54, 1.807) is 12.1 Å². The van der Waals surface area contributed by atoms with Crippen molar-refractivity contribution in [3.8, 4) is 16.9 Å². The lowest BCUT2D eigenvalue weighted by Crippen LogP contribution is -2.52. The number of carbonyl (C=O) groups is 3. The minimum absolute atomic E-state index is 0.0931. The molecule has 3 aromatic rings. The van der Waals surface area contributed by atoms with Crippen LogP contribution in [0.5, 0.6) is 5.75 Å². The third kappa shape index (κ3) is 7.45. The highest BCUT2D eigenvalue weighted by atomic mass is 19.4. The first-order valence-corrected chi connectivity index (χ1v) is 13.5. The highest BCUT2D eigenvalue weighted by Gasteiger charge is 2.36. The van der Waals surface area contributed by atoms with E-state index >= 15 is 0 Å². The summed E-state index contributed by atoms with van der Waals surface area (Å²) < 4.78 is 45.9. The summed E-state index contributed by atoms with van der Waals surface area (Å²) in [5.74, 6) is -0.696. The Morgan fingerprint density at radius 3 is 2.17 bits per heavy atom. The third-order valence-electron chi connectivity index (χ3n) is 6.88. The molecule has 1 fully saturated rings. The predicted molar refractivity (Wildman–Crippen MR) is 149 cm³/mol. The van der Waals surface area contributed by atoms with Crippen molar-refractivity contribution in [2.24, 2.45) is 0 Å². The van der Waals surface area contributed by atoms with Gasteiger partial charge in [0.1, 0.15) is 5.75 Å². The van der Waals surface area contributed by atoms with Gasteiger partial charge in [-0.05, 0) is 42.3 Å². The highest BCUT2D eigenvalue weighted by Crippen LogP contribution is 2.33. The van der Waals surface area contributed by atoms with Crippen LogP contribution in [0.2, 0.25) is 0 Å². The number of rotatable bonds is 9. The molecule has 0 aromatic heterocycles. The Morgan fingerprint density at radius 2 is 1.49 bits per heavy atom. The lowest BCUT2D eigenvalue weighted by atomic mass is 10.0. The number of ether oxygens (including phenoxy) is 1. The second-order valence-corrected chi connectivity index (χ2v) is 9.67. The van der Waals surface area contributed by atoms with Crippen molar-refractivity contribution in [1.29, 1.82) is 0 Å². The maximum Gasteiger partial charge on any atom is 0.417 e. The molecule has 1 aliphatic heterocycles. The molecule has 0 bridgehead atoms. The van der Waals surface area contributed by atoms with E-state index in [-0.39, 0.29) is 38.6 Å². The van der Waals surface area contributed by atoms with Crippen LogP contribution >= 0.6 is 0 Å². The summed E-state index contributed by atoms with van der Waals surface area (Å²) in [6, 6.07) is 19.4. The van der Waals surface area contributed by atoms with Gasteiger partial charge >= 0.3 is 6.18 Å². The van der Waals surface area contributed by atoms with E-state index in [0.717, 1.165) is 41.9 Å². The third-order valence-corrected chi connectivity index (χ3v) is 6.88. The van der Waals surface area contributed by atoms with Crippen LogP contribution in [0.4, 0.5) is 13.2 Å². The predicted octanol–water partition coefficient (Wildman–Crippen LogP) is 5.27. The molecule has 1 heterocycles. The number of hydrogen-bond acceptors (Lipinski definition) is 4. The van der Waals surface area contributed by atoms with Gasteiger partial charge in [0.05, 0.1) is 24.3 Å². The average Bonchev–Trinajstić information content (AvgIpc) is 2.99. The average molecular weight is 568 g/mol. The van der Waals surface area contributed by atoms with E-state index in [0.29, 0.717) is 12.2 Å². The Balaban J connectivity index is 1.28. The topological polar surface area (TPSA) is 79.0 Å². The fourth-order valence-electron chi connectivity index (χ4n) is 4.57. The number of para-hydroxylation sites is 1. The minimum Gasteiger partial charge on any atom is -0.493 e. The van der Waals surface area contributed by atoms with Crippen molar-refractivity contribution in [3.63, 3.8) is 0 Å². The number of nitrogens with one attached hydrogen (secondary N) is 1. The molecular weight excluding hydrogens is 535 g/mol. The Bertz CT molecular complexity index is 1370. The number of amides is 3. The summed E-state index contributed by atoms with van der Waals surface area (Å²) in [5, 5.41) is 2.62. The summed E-state index contributed by atoms with van der Waals surface area (Å²) in [5.41, 5.74) is 0.819. The molecule has 0 spiro atoms. The van der Waals surface area contributed by atoms with Gasteiger partial charge in [-0.15, -0.1) is 0 Å². The molecule has 0 radical (unpaired) electrons. The number of carbonyl (C=O) groups excluding carboxylic acids is 3. The molecule has 3 aromatic carbocycles. The first-order valence-electron chi connectivity index (χ1n) is 13.5. The minimum atomic E-state index is -4.64. The van der Waals surface area contributed by atoms with Crippen LogP contribution in [0.3, 0.4) is 0 Å². The molecular formula is C31H32F3N3O4. The number of unbranched alkanes of at least 4 members (excludes halogenated alkanes) is 1.